The van der Waals surface area contributed by atoms with Crippen LogP contribution in [-0.2, 0) is 17.8 Å². The molecule has 1 aliphatic carbocycles. The lowest BCUT2D eigenvalue weighted by Gasteiger charge is -2.16. The number of carbonyl (C=O) groups excluding carboxylic acids is 1. The monoisotopic (exact) mass is 427 g/mol. The molecule has 0 spiro atoms. The SMILES string of the molecule is O=C(C1CC1)N1CC[C@@H](Cn2c(-c3ccc(-c4ccc5c(c4)N=CC5)cc3)n[nH]c2=O)C1. The summed E-state index contributed by atoms with van der Waals surface area (Å²) in [5.41, 5.74) is 5.23. The van der Waals surface area contributed by atoms with Crippen LogP contribution in [0.15, 0.2) is 52.3 Å². The van der Waals surface area contributed by atoms with Crippen molar-refractivity contribution in [3.8, 4) is 22.5 Å². The summed E-state index contributed by atoms with van der Waals surface area (Å²) in [6.07, 6.45) is 5.83. The normalized spacial score (nSPS) is 19.5. The second-order valence-electron chi connectivity index (χ2n) is 9.11. The molecule has 1 amide bonds. The first kappa shape index (κ1) is 19.2. The first-order chi connectivity index (χ1) is 15.7. The fourth-order valence-corrected chi connectivity index (χ4v) is 4.83. The molecule has 1 saturated heterocycles. The molecule has 162 valence electrons. The topological polar surface area (TPSA) is 83.3 Å². The Bertz CT molecular complexity index is 1270. The van der Waals surface area contributed by atoms with E-state index in [-0.39, 0.29) is 17.5 Å². The lowest BCUT2D eigenvalue weighted by Crippen LogP contribution is -2.31. The van der Waals surface area contributed by atoms with Gasteiger partial charge in [-0.05, 0) is 47.9 Å². The molecule has 0 unspecified atom stereocenters. The highest BCUT2D eigenvalue weighted by Crippen LogP contribution is 2.34. The van der Waals surface area contributed by atoms with Crippen molar-refractivity contribution in [2.75, 3.05) is 13.1 Å². The molecule has 7 nitrogen and oxygen atoms in total. The Kier molecular flexibility index (Phi) is 4.56. The fraction of sp³-hybridized carbons (Fsp3) is 0.360. The van der Waals surface area contributed by atoms with Crippen LogP contribution in [0.4, 0.5) is 5.69 Å². The van der Waals surface area contributed by atoms with Gasteiger partial charge in [-0.1, -0.05) is 36.4 Å². The number of hydrogen-bond donors (Lipinski definition) is 1. The van der Waals surface area contributed by atoms with Crippen molar-refractivity contribution in [2.24, 2.45) is 16.8 Å². The van der Waals surface area contributed by atoms with Crippen molar-refractivity contribution in [3.63, 3.8) is 0 Å². The highest BCUT2D eigenvalue weighted by molar-refractivity contribution is 5.81. The smallest absolute Gasteiger partial charge is 0.342 e. The molecular formula is C25H25N5O2. The molecule has 2 fully saturated rings. The van der Waals surface area contributed by atoms with Crippen molar-refractivity contribution >= 4 is 17.8 Å². The van der Waals surface area contributed by atoms with Gasteiger partial charge in [0.25, 0.3) is 0 Å². The third-order valence-electron chi connectivity index (χ3n) is 6.83. The van der Waals surface area contributed by atoms with Gasteiger partial charge in [-0.25, -0.2) is 9.89 Å². The van der Waals surface area contributed by atoms with Crippen LogP contribution in [0.1, 0.15) is 24.8 Å². The van der Waals surface area contributed by atoms with Crippen molar-refractivity contribution in [1.29, 1.82) is 0 Å². The molecule has 6 rings (SSSR count). The summed E-state index contributed by atoms with van der Waals surface area (Å²) >= 11 is 0. The number of nitrogens with zero attached hydrogens (tertiary/aromatic N) is 4. The lowest BCUT2D eigenvalue weighted by molar-refractivity contribution is -0.131. The third-order valence-corrected chi connectivity index (χ3v) is 6.83. The summed E-state index contributed by atoms with van der Waals surface area (Å²) in [6.45, 7) is 2.09. The summed E-state index contributed by atoms with van der Waals surface area (Å²) in [6, 6.07) is 14.5. The van der Waals surface area contributed by atoms with E-state index in [1.807, 2.05) is 23.2 Å². The van der Waals surface area contributed by atoms with Gasteiger partial charge in [-0.3, -0.25) is 14.4 Å². The van der Waals surface area contributed by atoms with E-state index in [4.69, 9.17) is 0 Å². The van der Waals surface area contributed by atoms with E-state index in [0.717, 1.165) is 61.2 Å². The number of H-pyrrole nitrogens is 1. The highest BCUT2D eigenvalue weighted by Gasteiger charge is 2.36. The fourth-order valence-electron chi connectivity index (χ4n) is 4.83. The number of aromatic nitrogens is 3. The molecule has 1 aromatic heterocycles. The van der Waals surface area contributed by atoms with Crippen LogP contribution in [-0.4, -0.2) is 44.9 Å². The maximum absolute atomic E-state index is 12.5. The summed E-state index contributed by atoms with van der Waals surface area (Å²) < 4.78 is 1.72. The summed E-state index contributed by atoms with van der Waals surface area (Å²) in [5, 5.41) is 6.90. The minimum absolute atomic E-state index is 0.201. The van der Waals surface area contributed by atoms with Crippen LogP contribution in [0, 0.1) is 11.8 Å². The molecule has 2 aromatic carbocycles. The van der Waals surface area contributed by atoms with Crippen LogP contribution in [0.2, 0.25) is 0 Å². The minimum atomic E-state index is -0.201. The molecule has 0 radical (unpaired) electrons. The number of amides is 1. The van der Waals surface area contributed by atoms with Gasteiger partial charge >= 0.3 is 5.69 Å². The Morgan fingerprint density at radius 3 is 2.62 bits per heavy atom. The number of benzene rings is 2. The highest BCUT2D eigenvalue weighted by atomic mass is 16.2. The standard InChI is InChI=1S/C25H25N5O2/c31-24(20-6-7-20)29-12-10-16(14-29)15-30-23(27-28-25(30)32)19-4-1-17(2-5-19)21-8-3-18-9-11-26-22(18)13-21/h1-5,8,11,13,16,20H,6-7,9-10,12,14-15H2,(H,28,32)/t16-/m1/s1. The molecule has 0 bridgehead atoms. The van der Waals surface area contributed by atoms with E-state index >= 15 is 0 Å². The molecule has 7 heteroatoms. The second kappa shape index (κ2) is 7.58. The number of carbonyl (C=O) groups is 1. The Morgan fingerprint density at radius 2 is 1.81 bits per heavy atom. The summed E-state index contributed by atoms with van der Waals surface area (Å²) in [5.74, 6) is 1.46. The van der Waals surface area contributed by atoms with E-state index in [1.165, 1.54) is 5.56 Å². The van der Waals surface area contributed by atoms with Gasteiger partial charge in [0.15, 0.2) is 5.82 Å². The number of aromatic amines is 1. The average molecular weight is 428 g/mol. The number of nitrogens with one attached hydrogen (secondary N) is 1. The zero-order valence-corrected chi connectivity index (χ0v) is 17.8. The number of aliphatic imine (C=N–C) groups is 1. The van der Waals surface area contributed by atoms with Gasteiger partial charge in [0.2, 0.25) is 5.91 Å². The summed E-state index contributed by atoms with van der Waals surface area (Å²) in [7, 11) is 0. The zero-order valence-electron chi connectivity index (χ0n) is 17.8. The minimum Gasteiger partial charge on any atom is -0.342 e. The molecular weight excluding hydrogens is 402 g/mol. The van der Waals surface area contributed by atoms with Gasteiger partial charge in [0, 0.05) is 43.8 Å². The van der Waals surface area contributed by atoms with Gasteiger partial charge < -0.3 is 4.90 Å². The third kappa shape index (κ3) is 3.47. The molecule has 32 heavy (non-hydrogen) atoms. The van der Waals surface area contributed by atoms with Crippen LogP contribution < -0.4 is 5.69 Å². The molecule has 3 aromatic rings. The predicted octanol–water partition coefficient (Wildman–Crippen LogP) is 3.42. The Labute approximate surface area is 185 Å². The second-order valence-corrected chi connectivity index (χ2v) is 9.11. The first-order valence-electron chi connectivity index (χ1n) is 11.4. The van der Waals surface area contributed by atoms with Crippen molar-refractivity contribution in [3.05, 3.63) is 58.5 Å². The van der Waals surface area contributed by atoms with E-state index in [9.17, 15) is 9.59 Å². The van der Waals surface area contributed by atoms with Crippen LogP contribution in [0.25, 0.3) is 22.5 Å². The van der Waals surface area contributed by atoms with E-state index in [2.05, 4.69) is 45.5 Å². The van der Waals surface area contributed by atoms with Gasteiger partial charge in [-0.15, -0.1) is 0 Å². The Balaban J connectivity index is 1.21. The number of hydrogen-bond acceptors (Lipinski definition) is 4. The largest absolute Gasteiger partial charge is 0.343 e. The molecule has 1 N–H and O–H groups in total. The van der Waals surface area contributed by atoms with Gasteiger partial charge in [0.05, 0.1) is 5.69 Å². The molecule has 3 heterocycles. The van der Waals surface area contributed by atoms with Gasteiger partial charge in [-0.2, -0.15) is 5.10 Å². The molecule has 3 aliphatic rings. The van der Waals surface area contributed by atoms with Crippen molar-refractivity contribution in [1.82, 2.24) is 19.7 Å². The molecule has 1 saturated carbocycles. The number of rotatable bonds is 5. The molecule has 2 aliphatic heterocycles. The quantitative estimate of drug-likeness (QED) is 0.677. The van der Waals surface area contributed by atoms with Crippen LogP contribution in [0.3, 0.4) is 0 Å². The number of fused-ring (bicyclic) bond motifs is 1. The van der Waals surface area contributed by atoms with Crippen LogP contribution in [0.5, 0.6) is 0 Å². The first-order valence-corrected chi connectivity index (χ1v) is 11.4. The maximum atomic E-state index is 12.5. The van der Waals surface area contributed by atoms with E-state index in [1.54, 1.807) is 4.57 Å². The summed E-state index contributed by atoms with van der Waals surface area (Å²) in [4.78, 5) is 31.3. The van der Waals surface area contributed by atoms with E-state index in [0.29, 0.717) is 18.3 Å². The lowest BCUT2D eigenvalue weighted by atomic mass is 10.0. The Hall–Kier alpha value is -3.48. The molecule has 1 atom stereocenters. The average Bonchev–Trinajstić information content (AvgIpc) is 3.21. The van der Waals surface area contributed by atoms with Crippen molar-refractivity contribution < 1.29 is 4.79 Å². The van der Waals surface area contributed by atoms with Crippen LogP contribution >= 0.6 is 0 Å². The van der Waals surface area contributed by atoms with Gasteiger partial charge in [0.1, 0.15) is 0 Å². The predicted molar refractivity (Wildman–Crippen MR) is 123 cm³/mol. The van der Waals surface area contributed by atoms with Crippen molar-refractivity contribution in [2.45, 2.75) is 32.2 Å². The number of likely N-dealkylation sites (tertiary alicyclic amines) is 1. The van der Waals surface area contributed by atoms with E-state index < -0.39 is 0 Å². The Morgan fingerprint density at radius 1 is 1.03 bits per heavy atom. The maximum Gasteiger partial charge on any atom is 0.343 e. The zero-order chi connectivity index (χ0) is 21.7.